The molecule has 1 aromatic carbocycles. The molecule has 0 amide bonds. The Morgan fingerprint density at radius 1 is 1.28 bits per heavy atom. The SMILES string of the molecule is CCCC(CCO)CNC(=NCc1ccc(Cl)cc1OC)NCC.I. The first kappa shape index (κ1) is 24.3. The van der Waals surface area contributed by atoms with Gasteiger partial charge in [0.25, 0.3) is 0 Å². The van der Waals surface area contributed by atoms with Crippen molar-refractivity contribution in [1.29, 1.82) is 0 Å². The Labute approximate surface area is 173 Å². The van der Waals surface area contributed by atoms with Crippen molar-refractivity contribution < 1.29 is 9.84 Å². The molecular formula is C18H31ClIN3O2. The molecule has 0 fully saturated rings. The molecule has 0 aliphatic carbocycles. The summed E-state index contributed by atoms with van der Waals surface area (Å²) in [5.74, 6) is 1.97. The van der Waals surface area contributed by atoms with Crippen LogP contribution in [0, 0.1) is 5.92 Å². The van der Waals surface area contributed by atoms with E-state index in [0.29, 0.717) is 17.5 Å². The summed E-state index contributed by atoms with van der Waals surface area (Å²) in [4.78, 5) is 4.62. The van der Waals surface area contributed by atoms with Crippen LogP contribution in [0.4, 0.5) is 0 Å². The number of aliphatic hydroxyl groups excluding tert-OH is 1. The van der Waals surface area contributed by atoms with Crippen LogP contribution in [0.5, 0.6) is 5.75 Å². The minimum Gasteiger partial charge on any atom is -0.496 e. The molecule has 1 atom stereocenters. The van der Waals surface area contributed by atoms with Crippen molar-refractivity contribution in [3.63, 3.8) is 0 Å². The van der Waals surface area contributed by atoms with Crippen LogP contribution in [0.2, 0.25) is 5.02 Å². The maximum absolute atomic E-state index is 9.17. The lowest BCUT2D eigenvalue weighted by Crippen LogP contribution is -2.40. The molecule has 0 bridgehead atoms. The number of nitrogens with one attached hydrogen (secondary N) is 2. The Morgan fingerprint density at radius 2 is 2.04 bits per heavy atom. The molecule has 0 heterocycles. The van der Waals surface area contributed by atoms with E-state index in [-0.39, 0.29) is 30.6 Å². The average molecular weight is 484 g/mol. The van der Waals surface area contributed by atoms with Gasteiger partial charge in [-0.15, -0.1) is 24.0 Å². The van der Waals surface area contributed by atoms with Gasteiger partial charge in [0.05, 0.1) is 13.7 Å². The van der Waals surface area contributed by atoms with Gasteiger partial charge in [0, 0.05) is 30.3 Å². The van der Waals surface area contributed by atoms with E-state index in [2.05, 4.69) is 22.5 Å². The predicted molar refractivity (Wildman–Crippen MR) is 116 cm³/mol. The molecular weight excluding hydrogens is 453 g/mol. The number of halogens is 2. The lowest BCUT2D eigenvalue weighted by atomic mass is 10.0. The third kappa shape index (κ3) is 9.51. The fourth-order valence-electron chi connectivity index (χ4n) is 2.54. The number of hydrogen-bond acceptors (Lipinski definition) is 3. The number of rotatable bonds is 10. The fraction of sp³-hybridized carbons (Fsp3) is 0.611. The summed E-state index contributed by atoms with van der Waals surface area (Å²) in [5.41, 5.74) is 0.986. The molecule has 5 nitrogen and oxygen atoms in total. The van der Waals surface area contributed by atoms with Crippen LogP contribution >= 0.6 is 35.6 Å². The third-order valence-corrected chi connectivity index (χ3v) is 4.03. The van der Waals surface area contributed by atoms with E-state index in [1.54, 1.807) is 13.2 Å². The molecule has 0 saturated heterocycles. The van der Waals surface area contributed by atoms with Crippen molar-refractivity contribution in [3.8, 4) is 5.75 Å². The zero-order chi connectivity index (χ0) is 17.8. The fourth-order valence-corrected chi connectivity index (χ4v) is 2.70. The number of aliphatic hydroxyl groups is 1. The molecule has 0 aliphatic rings. The zero-order valence-electron chi connectivity index (χ0n) is 15.3. The number of hydrogen-bond donors (Lipinski definition) is 3. The highest BCUT2D eigenvalue weighted by Crippen LogP contribution is 2.23. The Balaban J connectivity index is 0.00000576. The van der Waals surface area contributed by atoms with Gasteiger partial charge in [0.15, 0.2) is 5.96 Å². The van der Waals surface area contributed by atoms with Gasteiger partial charge < -0.3 is 20.5 Å². The molecule has 0 aromatic heterocycles. The molecule has 1 aromatic rings. The van der Waals surface area contributed by atoms with Crippen molar-refractivity contribution in [1.82, 2.24) is 10.6 Å². The number of ether oxygens (including phenoxy) is 1. The van der Waals surface area contributed by atoms with E-state index < -0.39 is 0 Å². The topological polar surface area (TPSA) is 65.9 Å². The van der Waals surface area contributed by atoms with Gasteiger partial charge in [-0.2, -0.15) is 0 Å². The van der Waals surface area contributed by atoms with Crippen molar-refractivity contribution in [2.75, 3.05) is 26.8 Å². The lowest BCUT2D eigenvalue weighted by molar-refractivity contribution is 0.251. The summed E-state index contributed by atoms with van der Waals surface area (Å²) in [5, 5.41) is 16.4. The smallest absolute Gasteiger partial charge is 0.191 e. The lowest BCUT2D eigenvalue weighted by Gasteiger charge is -2.18. The summed E-state index contributed by atoms with van der Waals surface area (Å²) < 4.78 is 5.36. The molecule has 0 spiro atoms. The first-order valence-corrected chi connectivity index (χ1v) is 8.97. The quantitative estimate of drug-likeness (QED) is 0.269. The molecule has 25 heavy (non-hydrogen) atoms. The minimum absolute atomic E-state index is 0. The Morgan fingerprint density at radius 3 is 2.64 bits per heavy atom. The van der Waals surface area contributed by atoms with E-state index in [9.17, 15) is 0 Å². The van der Waals surface area contributed by atoms with Gasteiger partial charge in [-0.1, -0.05) is 31.0 Å². The van der Waals surface area contributed by atoms with Gasteiger partial charge in [0.1, 0.15) is 5.75 Å². The summed E-state index contributed by atoms with van der Waals surface area (Å²) in [6, 6.07) is 5.57. The standard InChI is InChI=1S/C18H30ClN3O2.HI/c1-4-6-14(9-10-23)12-21-18(20-5-2)22-13-15-7-8-16(19)11-17(15)24-3;/h7-8,11,14,23H,4-6,9-10,12-13H2,1-3H3,(H2,20,21,22);1H. The second-order valence-corrected chi connectivity index (χ2v) is 6.14. The van der Waals surface area contributed by atoms with Crippen LogP contribution in [-0.2, 0) is 6.54 Å². The molecule has 1 unspecified atom stereocenters. The molecule has 1 rings (SSSR count). The number of benzene rings is 1. The highest BCUT2D eigenvalue weighted by Gasteiger charge is 2.09. The second kappa shape index (κ2) is 14.4. The summed E-state index contributed by atoms with van der Waals surface area (Å²) in [7, 11) is 1.63. The number of aliphatic imine (C=N–C) groups is 1. The number of guanidine groups is 1. The van der Waals surface area contributed by atoms with Crippen LogP contribution in [0.25, 0.3) is 0 Å². The highest BCUT2D eigenvalue weighted by molar-refractivity contribution is 14.0. The first-order chi connectivity index (χ1) is 11.6. The van der Waals surface area contributed by atoms with Crippen molar-refractivity contribution in [3.05, 3.63) is 28.8 Å². The number of methoxy groups -OCH3 is 1. The van der Waals surface area contributed by atoms with Crippen molar-refractivity contribution >= 4 is 41.5 Å². The van der Waals surface area contributed by atoms with E-state index >= 15 is 0 Å². The predicted octanol–water partition coefficient (Wildman–Crippen LogP) is 3.82. The van der Waals surface area contributed by atoms with Crippen LogP contribution < -0.4 is 15.4 Å². The van der Waals surface area contributed by atoms with Gasteiger partial charge >= 0.3 is 0 Å². The highest BCUT2D eigenvalue weighted by atomic mass is 127. The van der Waals surface area contributed by atoms with Gasteiger partial charge in [-0.3, -0.25) is 0 Å². The molecule has 7 heteroatoms. The molecule has 0 saturated carbocycles. The summed E-state index contributed by atoms with van der Waals surface area (Å²) in [6.45, 7) is 6.53. The molecule has 0 aliphatic heterocycles. The summed E-state index contributed by atoms with van der Waals surface area (Å²) >= 11 is 5.99. The minimum atomic E-state index is 0. The van der Waals surface area contributed by atoms with E-state index in [1.165, 1.54) is 0 Å². The van der Waals surface area contributed by atoms with Gasteiger partial charge in [-0.05, 0) is 37.8 Å². The summed E-state index contributed by atoms with van der Waals surface area (Å²) in [6.07, 6.45) is 3.02. The van der Waals surface area contributed by atoms with E-state index in [4.69, 9.17) is 21.4 Å². The van der Waals surface area contributed by atoms with Crippen LogP contribution in [0.1, 0.15) is 38.7 Å². The Bertz CT molecular complexity index is 509. The monoisotopic (exact) mass is 483 g/mol. The third-order valence-electron chi connectivity index (χ3n) is 3.79. The average Bonchev–Trinajstić information content (AvgIpc) is 2.58. The van der Waals surface area contributed by atoms with Crippen LogP contribution in [-0.4, -0.2) is 37.9 Å². The normalized spacial score (nSPS) is 12.3. The van der Waals surface area contributed by atoms with E-state index in [1.807, 2.05) is 19.1 Å². The Hall–Kier alpha value is -0.730. The first-order valence-electron chi connectivity index (χ1n) is 8.60. The van der Waals surface area contributed by atoms with Crippen LogP contribution in [0.15, 0.2) is 23.2 Å². The largest absolute Gasteiger partial charge is 0.496 e. The van der Waals surface area contributed by atoms with E-state index in [0.717, 1.165) is 49.6 Å². The van der Waals surface area contributed by atoms with Gasteiger partial charge in [-0.25, -0.2) is 4.99 Å². The Kier molecular flexibility index (Phi) is 14.0. The van der Waals surface area contributed by atoms with Crippen molar-refractivity contribution in [2.45, 2.75) is 39.7 Å². The maximum Gasteiger partial charge on any atom is 0.191 e. The molecule has 0 radical (unpaired) electrons. The second-order valence-electron chi connectivity index (χ2n) is 5.70. The van der Waals surface area contributed by atoms with Crippen LogP contribution in [0.3, 0.4) is 0 Å². The zero-order valence-corrected chi connectivity index (χ0v) is 18.4. The maximum atomic E-state index is 9.17. The van der Waals surface area contributed by atoms with Crippen molar-refractivity contribution in [2.24, 2.45) is 10.9 Å². The molecule has 144 valence electrons. The number of nitrogens with zero attached hydrogens (tertiary/aromatic N) is 1. The molecule has 3 N–H and O–H groups in total. The van der Waals surface area contributed by atoms with Gasteiger partial charge in [0.2, 0.25) is 0 Å².